The topological polar surface area (TPSA) is 29.0 Å². The van der Waals surface area contributed by atoms with Gasteiger partial charge in [-0.2, -0.15) is 4.98 Å². The minimum atomic E-state index is 0.258. The van der Waals surface area contributed by atoms with Gasteiger partial charge in [-0.15, -0.1) is 0 Å². The average Bonchev–Trinajstić information content (AvgIpc) is 2.34. The molecule has 2 rings (SSSR count). The lowest BCUT2D eigenvalue weighted by atomic mass is 9.78. The Labute approximate surface area is 112 Å². The molecule has 2 heterocycles. The van der Waals surface area contributed by atoms with Crippen molar-refractivity contribution >= 4 is 29.0 Å². The molecule has 1 fully saturated rings. The van der Waals surface area contributed by atoms with Crippen molar-refractivity contribution in [3.05, 3.63) is 16.5 Å². The van der Waals surface area contributed by atoms with Gasteiger partial charge in [-0.05, 0) is 29.9 Å². The summed E-state index contributed by atoms with van der Waals surface area (Å²) >= 11 is 11.9. The molecule has 3 nitrogen and oxygen atoms in total. The van der Waals surface area contributed by atoms with Crippen LogP contribution in [0.1, 0.15) is 33.1 Å². The van der Waals surface area contributed by atoms with E-state index in [0.717, 1.165) is 18.9 Å². The van der Waals surface area contributed by atoms with Gasteiger partial charge in [0.2, 0.25) is 5.28 Å². The van der Waals surface area contributed by atoms with Crippen LogP contribution in [0, 0.1) is 5.41 Å². The van der Waals surface area contributed by atoms with E-state index in [9.17, 15) is 0 Å². The highest BCUT2D eigenvalue weighted by molar-refractivity contribution is 6.33. The van der Waals surface area contributed by atoms with Crippen LogP contribution in [0.25, 0.3) is 0 Å². The summed E-state index contributed by atoms with van der Waals surface area (Å²) in [4.78, 5) is 10.3. The molecular formula is C12H17Cl2N3. The first-order valence-electron chi connectivity index (χ1n) is 5.97. The molecule has 94 valence electrons. The van der Waals surface area contributed by atoms with Gasteiger partial charge in [0.15, 0.2) is 5.82 Å². The molecule has 0 atom stereocenters. The number of anilines is 1. The third-order valence-electron chi connectivity index (χ3n) is 3.82. The second kappa shape index (κ2) is 4.99. The zero-order valence-corrected chi connectivity index (χ0v) is 11.7. The smallest absolute Gasteiger partial charge is 0.224 e. The first-order chi connectivity index (χ1) is 8.04. The highest BCUT2D eigenvalue weighted by Crippen LogP contribution is 2.36. The Kier molecular flexibility index (Phi) is 3.79. The van der Waals surface area contributed by atoms with E-state index >= 15 is 0 Å². The van der Waals surface area contributed by atoms with Crippen molar-refractivity contribution in [2.75, 3.05) is 18.0 Å². The van der Waals surface area contributed by atoms with Crippen molar-refractivity contribution in [3.8, 4) is 0 Å². The van der Waals surface area contributed by atoms with E-state index in [0.29, 0.717) is 10.4 Å². The zero-order valence-electron chi connectivity index (χ0n) is 10.2. The van der Waals surface area contributed by atoms with Crippen LogP contribution in [-0.2, 0) is 0 Å². The Bertz CT molecular complexity index is 401. The molecule has 17 heavy (non-hydrogen) atoms. The molecule has 0 amide bonds. The van der Waals surface area contributed by atoms with Crippen LogP contribution in [0.5, 0.6) is 0 Å². The third kappa shape index (κ3) is 2.83. The van der Waals surface area contributed by atoms with Crippen molar-refractivity contribution < 1.29 is 0 Å². The predicted octanol–water partition coefficient (Wildman–Crippen LogP) is 3.80. The van der Waals surface area contributed by atoms with Crippen LogP contribution in [0.4, 0.5) is 5.82 Å². The van der Waals surface area contributed by atoms with Crippen LogP contribution in [0.2, 0.25) is 10.3 Å². The standard InChI is InChI=1S/C12H17Cl2N3/c1-3-12(2)4-6-17(7-5-12)10-9(13)8-15-11(14)16-10/h8H,3-7H2,1-2H3. The fourth-order valence-electron chi connectivity index (χ4n) is 2.17. The molecule has 0 spiro atoms. The molecule has 0 saturated carbocycles. The Morgan fingerprint density at radius 3 is 2.59 bits per heavy atom. The number of hydrogen-bond donors (Lipinski definition) is 0. The van der Waals surface area contributed by atoms with Gasteiger partial charge in [0, 0.05) is 13.1 Å². The zero-order chi connectivity index (χ0) is 12.5. The average molecular weight is 274 g/mol. The normalized spacial score (nSPS) is 19.4. The molecule has 0 N–H and O–H groups in total. The van der Waals surface area contributed by atoms with Crippen LogP contribution < -0.4 is 4.90 Å². The largest absolute Gasteiger partial charge is 0.355 e. The highest BCUT2D eigenvalue weighted by atomic mass is 35.5. The first-order valence-corrected chi connectivity index (χ1v) is 6.73. The summed E-state index contributed by atoms with van der Waals surface area (Å²) in [6.07, 6.45) is 5.13. The minimum absolute atomic E-state index is 0.258. The third-order valence-corrected chi connectivity index (χ3v) is 4.27. The van der Waals surface area contributed by atoms with Gasteiger partial charge < -0.3 is 4.90 Å². The Hall–Kier alpha value is -0.540. The van der Waals surface area contributed by atoms with Crippen LogP contribution >= 0.6 is 23.2 Å². The molecule has 1 saturated heterocycles. The van der Waals surface area contributed by atoms with Crippen molar-refractivity contribution in [2.45, 2.75) is 33.1 Å². The van der Waals surface area contributed by atoms with E-state index in [-0.39, 0.29) is 5.28 Å². The summed E-state index contributed by atoms with van der Waals surface area (Å²) in [6, 6.07) is 0. The van der Waals surface area contributed by atoms with Crippen LogP contribution in [-0.4, -0.2) is 23.1 Å². The van der Waals surface area contributed by atoms with Gasteiger partial charge in [0.05, 0.1) is 6.20 Å². The number of nitrogens with zero attached hydrogens (tertiary/aromatic N) is 3. The Balaban J connectivity index is 2.13. The van der Waals surface area contributed by atoms with Gasteiger partial charge in [-0.25, -0.2) is 4.98 Å². The maximum Gasteiger partial charge on any atom is 0.224 e. The van der Waals surface area contributed by atoms with Crippen molar-refractivity contribution in [1.82, 2.24) is 9.97 Å². The van der Waals surface area contributed by atoms with Gasteiger partial charge in [0.25, 0.3) is 0 Å². The van der Waals surface area contributed by atoms with E-state index in [4.69, 9.17) is 23.2 Å². The number of hydrogen-bond acceptors (Lipinski definition) is 3. The molecule has 0 aliphatic carbocycles. The summed E-state index contributed by atoms with van der Waals surface area (Å²) in [5.41, 5.74) is 0.458. The molecule has 0 aromatic carbocycles. The molecule has 1 aromatic heterocycles. The predicted molar refractivity (Wildman–Crippen MR) is 71.9 cm³/mol. The van der Waals surface area contributed by atoms with E-state index in [1.54, 1.807) is 6.20 Å². The lowest BCUT2D eigenvalue weighted by molar-refractivity contribution is 0.238. The van der Waals surface area contributed by atoms with Crippen molar-refractivity contribution in [2.24, 2.45) is 5.41 Å². The SMILES string of the molecule is CCC1(C)CCN(c2nc(Cl)ncc2Cl)CC1. The fourth-order valence-corrected chi connectivity index (χ4v) is 2.51. The Morgan fingerprint density at radius 1 is 1.35 bits per heavy atom. The lowest BCUT2D eigenvalue weighted by Crippen LogP contribution is -2.39. The molecule has 1 aromatic rings. The number of halogens is 2. The summed E-state index contributed by atoms with van der Waals surface area (Å²) in [7, 11) is 0. The molecular weight excluding hydrogens is 257 g/mol. The number of piperidine rings is 1. The monoisotopic (exact) mass is 273 g/mol. The number of rotatable bonds is 2. The van der Waals surface area contributed by atoms with Gasteiger partial charge in [-0.3, -0.25) is 0 Å². The molecule has 0 bridgehead atoms. The summed E-state index contributed by atoms with van der Waals surface area (Å²) < 4.78 is 0. The van der Waals surface area contributed by atoms with Crippen LogP contribution in [0.15, 0.2) is 6.20 Å². The Morgan fingerprint density at radius 2 is 2.00 bits per heavy atom. The van der Waals surface area contributed by atoms with Crippen LogP contribution in [0.3, 0.4) is 0 Å². The van der Waals surface area contributed by atoms with E-state index in [1.807, 2.05) is 0 Å². The lowest BCUT2D eigenvalue weighted by Gasteiger charge is -2.39. The minimum Gasteiger partial charge on any atom is -0.355 e. The molecule has 5 heteroatoms. The van der Waals surface area contributed by atoms with Crippen molar-refractivity contribution in [3.63, 3.8) is 0 Å². The maximum atomic E-state index is 6.11. The van der Waals surface area contributed by atoms with Gasteiger partial charge in [-0.1, -0.05) is 31.9 Å². The van der Waals surface area contributed by atoms with E-state index in [2.05, 4.69) is 28.7 Å². The van der Waals surface area contributed by atoms with Gasteiger partial charge >= 0.3 is 0 Å². The summed E-state index contributed by atoms with van der Waals surface area (Å²) in [6.45, 7) is 6.57. The molecule has 0 unspecified atom stereocenters. The van der Waals surface area contributed by atoms with E-state index < -0.39 is 0 Å². The van der Waals surface area contributed by atoms with Gasteiger partial charge in [0.1, 0.15) is 5.02 Å². The fraction of sp³-hybridized carbons (Fsp3) is 0.667. The second-order valence-electron chi connectivity index (χ2n) is 4.96. The molecule has 1 aliphatic rings. The molecule has 1 aliphatic heterocycles. The maximum absolute atomic E-state index is 6.11. The molecule has 0 radical (unpaired) electrons. The first kappa shape index (κ1) is 12.9. The van der Waals surface area contributed by atoms with E-state index in [1.165, 1.54) is 19.3 Å². The number of aromatic nitrogens is 2. The summed E-state index contributed by atoms with van der Waals surface area (Å²) in [5.74, 6) is 0.768. The summed E-state index contributed by atoms with van der Waals surface area (Å²) in [5, 5.41) is 0.836. The van der Waals surface area contributed by atoms with Crippen molar-refractivity contribution in [1.29, 1.82) is 0 Å². The second-order valence-corrected chi connectivity index (χ2v) is 5.71. The quantitative estimate of drug-likeness (QED) is 0.768. The highest BCUT2D eigenvalue weighted by Gasteiger charge is 2.29.